The molecule has 4 heteroatoms. The van der Waals surface area contributed by atoms with Crippen LogP contribution in [0.2, 0.25) is 0 Å². The Morgan fingerprint density at radius 3 is 2.32 bits per heavy atom. The maximum atomic E-state index is 10.5. The van der Waals surface area contributed by atoms with Gasteiger partial charge in [-0.2, -0.15) is 0 Å². The molecule has 28 heavy (non-hydrogen) atoms. The Labute approximate surface area is 169 Å². The molecule has 1 heterocycles. The molecule has 0 bridgehead atoms. The fourth-order valence-corrected chi connectivity index (χ4v) is 3.85. The smallest absolute Gasteiger partial charge is 0.107 e. The lowest BCUT2D eigenvalue weighted by atomic mass is 10.1. The molecule has 2 atom stereocenters. The predicted octanol–water partition coefficient (Wildman–Crippen LogP) is 4.15. The highest BCUT2D eigenvalue weighted by Gasteiger charge is 2.31. The van der Waals surface area contributed by atoms with Crippen molar-refractivity contribution in [1.82, 2.24) is 4.90 Å². The van der Waals surface area contributed by atoms with Crippen molar-refractivity contribution < 1.29 is 9.84 Å². The molecule has 0 saturated carbocycles. The Kier molecular flexibility index (Phi) is 7.90. The predicted molar refractivity (Wildman–Crippen MR) is 115 cm³/mol. The van der Waals surface area contributed by atoms with Crippen molar-refractivity contribution >= 4 is 5.69 Å². The maximum absolute atomic E-state index is 10.5. The number of anilines is 1. The minimum absolute atomic E-state index is 0.167. The van der Waals surface area contributed by atoms with Crippen LogP contribution in [0.15, 0.2) is 60.7 Å². The van der Waals surface area contributed by atoms with Crippen molar-refractivity contribution in [3.8, 4) is 0 Å². The van der Waals surface area contributed by atoms with E-state index in [1.807, 2.05) is 0 Å². The molecule has 0 spiro atoms. The van der Waals surface area contributed by atoms with Crippen LogP contribution in [-0.2, 0) is 11.3 Å². The lowest BCUT2D eigenvalue weighted by molar-refractivity contribution is -0.0243. The fraction of sp³-hybridized carbons (Fsp3) is 0.500. The van der Waals surface area contributed by atoms with E-state index in [0.29, 0.717) is 12.5 Å². The van der Waals surface area contributed by atoms with Crippen molar-refractivity contribution in [1.29, 1.82) is 0 Å². The number of rotatable bonds is 10. The highest BCUT2D eigenvalue weighted by atomic mass is 16.5. The van der Waals surface area contributed by atoms with Crippen LogP contribution in [-0.4, -0.2) is 48.6 Å². The first-order chi connectivity index (χ1) is 13.6. The molecule has 4 nitrogen and oxygen atoms in total. The average Bonchev–Trinajstić information content (AvgIpc) is 3.13. The van der Waals surface area contributed by atoms with Gasteiger partial charge in [0.05, 0.1) is 12.6 Å². The summed E-state index contributed by atoms with van der Waals surface area (Å²) in [6.45, 7) is 8.35. The van der Waals surface area contributed by atoms with E-state index >= 15 is 0 Å². The second-order valence-corrected chi connectivity index (χ2v) is 8.15. The van der Waals surface area contributed by atoms with E-state index in [4.69, 9.17) is 4.74 Å². The topological polar surface area (TPSA) is 35.9 Å². The van der Waals surface area contributed by atoms with Gasteiger partial charge in [-0.15, -0.1) is 0 Å². The third-order valence-corrected chi connectivity index (χ3v) is 5.26. The standard InChI is InChI=1S/C24H34N2O2/c1-20(2)18-28-19-23(26-15-9-14-24(26)27)17-25(22-12-7-4-8-13-22)16-21-10-5-3-6-11-21/h3-8,10-13,20,23-24,27H,9,14-19H2,1-2H3. The highest BCUT2D eigenvalue weighted by molar-refractivity contribution is 5.47. The summed E-state index contributed by atoms with van der Waals surface area (Å²) in [5.74, 6) is 0.513. The quantitative estimate of drug-likeness (QED) is 0.670. The van der Waals surface area contributed by atoms with Gasteiger partial charge in [0.25, 0.3) is 0 Å². The van der Waals surface area contributed by atoms with Gasteiger partial charge in [0.2, 0.25) is 0 Å². The van der Waals surface area contributed by atoms with Gasteiger partial charge in [-0.05, 0) is 36.5 Å². The van der Waals surface area contributed by atoms with E-state index in [0.717, 1.165) is 39.1 Å². The Hall–Kier alpha value is -1.88. The molecule has 0 amide bonds. The average molecular weight is 383 g/mol. The fourth-order valence-electron chi connectivity index (χ4n) is 3.85. The van der Waals surface area contributed by atoms with E-state index in [1.165, 1.54) is 11.3 Å². The molecule has 0 aromatic heterocycles. The number of ether oxygens (including phenoxy) is 1. The van der Waals surface area contributed by atoms with Crippen LogP contribution in [0.1, 0.15) is 32.3 Å². The molecule has 152 valence electrons. The number of hydrogen-bond acceptors (Lipinski definition) is 4. The van der Waals surface area contributed by atoms with Crippen molar-refractivity contribution in [2.75, 3.05) is 31.2 Å². The van der Waals surface area contributed by atoms with Gasteiger partial charge < -0.3 is 14.7 Å². The van der Waals surface area contributed by atoms with Gasteiger partial charge in [0, 0.05) is 31.9 Å². The molecule has 1 aliphatic heterocycles. The Morgan fingerprint density at radius 2 is 1.71 bits per heavy atom. The molecule has 2 aromatic carbocycles. The second kappa shape index (κ2) is 10.6. The van der Waals surface area contributed by atoms with Crippen molar-refractivity contribution in [3.05, 3.63) is 66.2 Å². The normalized spacial score (nSPS) is 18.5. The Balaban J connectivity index is 1.77. The van der Waals surface area contributed by atoms with Crippen molar-refractivity contribution in [3.63, 3.8) is 0 Å². The number of aliphatic hydroxyl groups excluding tert-OH is 1. The summed E-state index contributed by atoms with van der Waals surface area (Å²) in [7, 11) is 0. The number of benzene rings is 2. The lowest BCUT2D eigenvalue weighted by Gasteiger charge is -2.36. The van der Waals surface area contributed by atoms with Gasteiger partial charge in [-0.25, -0.2) is 0 Å². The van der Waals surface area contributed by atoms with E-state index in [9.17, 15) is 5.11 Å². The van der Waals surface area contributed by atoms with Crippen LogP contribution < -0.4 is 4.90 Å². The van der Waals surface area contributed by atoms with Crippen molar-refractivity contribution in [2.24, 2.45) is 5.92 Å². The summed E-state index contributed by atoms with van der Waals surface area (Å²) < 4.78 is 6.03. The SMILES string of the molecule is CC(C)COCC(CN(Cc1ccccc1)c1ccccc1)N1CCCC1O. The number of hydrogen-bond donors (Lipinski definition) is 1. The molecule has 3 rings (SSSR count). The number of aliphatic hydroxyl groups is 1. The van der Waals surface area contributed by atoms with Gasteiger partial charge in [0.15, 0.2) is 0 Å². The third-order valence-electron chi connectivity index (χ3n) is 5.26. The molecule has 0 radical (unpaired) electrons. The van der Waals surface area contributed by atoms with Crippen LogP contribution in [0.3, 0.4) is 0 Å². The van der Waals surface area contributed by atoms with Crippen LogP contribution >= 0.6 is 0 Å². The Bertz CT molecular complexity index is 678. The molecular formula is C24H34N2O2. The largest absolute Gasteiger partial charge is 0.379 e. The summed E-state index contributed by atoms with van der Waals surface area (Å²) >= 11 is 0. The van der Waals surface area contributed by atoms with Crippen LogP contribution in [0.5, 0.6) is 0 Å². The number of para-hydroxylation sites is 1. The zero-order valence-corrected chi connectivity index (χ0v) is 17.2. The first kappa shape index (κ1) is 20.8. The van der Waals surface area contributed by atoms with E-state index in [-0.39, 0.29) is 12.3 Å². The van der Waals surface area contributed by atoms with E-state index < -0.39 is 0 Å². The van der Waals surface area contributed by atoms with Crippen LogP contribution in [0.4, 0.5) is 5.69 Å². The molecular weight excluding hydrogens is 348 g/mol. The second-order valence-electron chi connectivity index (χ2n) is 8.15. The van der Waals surface area contributed by atoms with Crippen LogP contribution in [0.25, 0.3) is 0 Å². The van der Waals surface area contributed by atoms with E-state index in [1.54, 1.807) is 0 Å². The zero-order valence-electron chi connectivity index (χ0n) is 17.2. The molecule has 1 fully saturated rings. The third kappa shape index (κ3) is 6.06. The van der Waals surface area contributed by atoms with E-state index in [2.05, 4.69) is 84.3 Å². The maximum Gasteiger partial charge on any atom is 0.107 e. The summed E-state index contributed by atoms with van der Waals surface area (Å²) in [5, 5.41) is 10.5. The number of nitrogens with zero attached hydrogens (tertiary/aromatic N) is 2. The minimum atomic E-state index is -0.359. The summed E-state index contributed by atoms with van der Waals surface area (Å²) in [4.78, 5) is 4.63. The summed E-state index contributed by atoms with van der Waals surface area (Å²) in [6, 6.07) is 21.3. The molecule has 0 aliphatic carbocycles. The van der Waals surface area contributed by atoms with Crippen molar-refractivity contribution in [2.45, 2.75) is 45.5 Å². The molecule has 2 unspecified atom stereocenters. The first-order valence-corrected chi connectivity index (χ1v) is 10.5. The highest BCUT2D eigenvalue weighted by Crippen LogP contribution is 2.23. The minimum Gasteiger partial charge on any atom is -0.379 e. The van der Waals surface area contributed by atoms with Gasteiger partial charge in [-0.3, -0.25) is 4.90 Å². The molecule has 1 aliphatic rings. The zero-order chi connectivity index (χ0) is 19.8. The monoisotopic (exact) mass is 382 g/mol. The first-order valence-electron chi connectivity index (χ1n) is 10.5. The van der Waals surface area contributed by atoms with Gasteiger partial charge in [-0.1, -0.05) is 62.4 Å². The Morgan fingerprint density at radius 1 is 1.04 bits per heavy atom. The lowest BCUT2D eigenvalue weighted by Crippen LogP contribution is -2.49. The van der Waals surface area contributed by atoms with Crippen LogP contribution in [0, 0.1) is 5.92 Å². The van der Waals surface area contributed by atoms with Gasteiger partial charge >= 0.3 is 0 Å². The van der Waals surface area contributed by atoms with Gasteiger partial charge in [0.1, 0.15) is 6.23 Å². The summed E-state index contributed by atoms with van der Waals surface area (Å²) in [5.41, 5.74) is 2.49. The number of likely N-dealkylation sites (tertiary alicyclic amines) is 1. The molecule has 1 N–H and O–H groups in total. The molecule has 1 saturated heterocycles. The summed E-state index contributed by atoms with van der Waals surface area (Å²) in [6.07, 6.45) is 1.54. The molecule has 2 aromatic rings.